The lowest BCUT2D eigenvalue weighted by Gasteiger charge is -2.17. The number of nitrogens with two attached hydrogens (primary N) is 1. The fourth-order valence-corrected chi connectivity index (χ4v) is 3.43. The molecule has 1 amide bonds. The Bertz CT molecular complexity index is 699. The first-order chi connectivity index (χ1) is 10.1. The van der Waals surface area contributed by atoms with Gasteiger partial charge in [-0.05, 0) is 35.1 Å². The van der Waals surface area contributed by atoms with Crippen molar-refractivity contribution in [3.8, 4) is 0 Å². The molecule has 0 bridgehead atoms. The van der Waals surface area contributed by atoms with Crippen LogP contribution in [0, 0.1) is 0 Å². The maximum absolute atomic E-state index is 11.8. The lowest BCUT2D eigenvalue weighted by Crippen LogP contribution is -2.20. The van der Waals surface area contributed by atoms with Gasteiger partial charge in [-0.15, -0.1) is 11.8 Å². The van der Waals surface area contributed by atoms with Gasteiger partial charge in [0, 0.05) is 17.6 Å². The van der Waals surface area contributed by atoms with Crippen molar-refractivity contribution in [2.75, 3.05) is 18.2 Å². The first-order valence-corrected chi connectivity index (χ1v) is 8.12. The van der Waals surface area contributed by atoms with E-state index in [0.29, 0.717) is 6.42 Å². The van der Waals surface area contributed by atoms with Crippen molar-refractivity contribution in [1.29, 1.82) is 0 Å². The van der Waals surface area contributed by atoms with Crippen molar-refractivity contribution in [1.82, 2.24) is 0 Å². The number of hydrogen-bond donors (Lipinski definition) is 1. The standard InChI is InChI=1S/C17H18N2OS/c1-19-14-8-7-11(9-12(14)10-16(19)20)17(18)13-5-3-4-6-15(13)21-2/h3-9,17H,10,18H2,1-2H3. The Balaban J connectivity index is 1.98. The van der Waals surface area contributed by atoms with Crippen LogP contribution < -0.4 is 10.6 Å². The number of benzene rings is 2. The maximum Gasteiger partial charge on any atom is 0.231 e. The molecule has 108 valence electrons. The lowest BCUT2D eigenvalue weighted by molar-refractivity contribution is -0.117. The third kappa shape index (κ3) is 2.45. The molecule has 1 aliphatic rings. The minimum absolute atomic E-state index is 0.139. The molecule has 1 unspecified atom stereocenters. The maximum atomic E-state index is 11.8. The summed E-state index contributed by atoms with van der Waals surface area (Å²) in [6.07, 6.45) is 2.53. The van der Waals surface area contributed by atoms with E-state index in [1.165, 1.54) is 4.90 Å². The predicted octanol–water partition coefficient (Wildman–Crippen LogP) is 2.98. The fourth-order valence-electron chi connectivity index (χ4n) is 2.79. The number of anilines is 1. The summed E-state index contributed by atoms with van der Waals surface area (Å²) in [6, 6.07) is 14.1. The van der Waals surface area contributed by atoms with Crippen molar-refractivity contribution in [2.24, 2.45) is 5.73 Å². The number of fused-ring (bicyclic) bond motifs is 1. The number of carbonyl (C=O) groups is 1. The second kappa shape index (κ2) is 5.54. The second-order valence-corrected chi connectivity index (χ2v) is 6.09. The van der Waals surface area contributed by atoms with Gasteiger partial charge in [-0.25, -0.2) is 0 Å². The van der Waals surface area contributed by atoms with Crippen LogP contribution in [0.2, 0.25) is 0 Å². The number of amides is 1. The van der Waals surface area contributed by atoms with Crippen LogP contribution in [0.25, 0.3) is 0 Å². The topological polar surface area (TPSA) is 46.3 Å². The van der Waals surface area contributed by atoms with Gasteiger partial charge in [0.15, 0.2) is 0 Å². The average molecular weight is 298 g/mol. The molecule has 1 aliphatic heterocycles. The van der Waals surface area contributed by atoms with Gasteiger partial charge in [-0.3, -0.25) is 4.79 Å². The Kier molecular flexibility index (Phi) is 3.74. The summed E-state index contributed by atoms with van der Waals surface area (Å²) in [5, 5.41) is 0. The molecule has 21 heavy (non-hydrogen) atoms. The highest BCUT2D eigenvalue weighted by atomic mass is 32.2. The smallest absolute Gasteiger partial charge is 0.231 e. The van der Waals surface area contributed by atoms with Gasteiger partial charge in [-0.1, -0.05) is 30.3 Å². The Morgan fingerprint density at radius 2 is 2.00 bits per heavy atom. The summed E-state index contributed by atoms with van der Waals surface area (Å²) in [7, 11) is 1.82. The summed E-state index contributed by atoms with van der Waals surface area (Å²) >= 11 is 1.70. The Morgan fingerprint density at radius 1 is 1.24 bits per heavy atom. The molecule has 0 saturated heterocycles. The monoisotopic (exact) mass is 298 g/mol. The number of nitrogens with zero attached hydrogens (tertiary/aromatic N) is 1. The molecule has 2 aromatic carbocycles. The van der Waals surface area contributed by atoms with E-state index < -0.39 is 0 Å². The van der Waals surface area contributed by atoms with Crippen molar-refractivity contribution in [3.05, 3.63) is 59.2 Å². The van der Waals surface area contributed by atoms with Crippen molar-refractivity contribution in [3.63, 3.8) is 0 Å². The largest absolute Gasteiger partial charge is 0.320 e. The van der Waals surface area contributed by atoms with Crippen LogP contribution in [0.5, 0.6) is 0 Å². The lowest BCUT2D eigenvalue weighted by atomic mass is 9.97. The van der Waals surface area contributed by atoms with E-state index in [9.17, 15) is 4.79 Å². The van der Waals surface area contributed by atoms with Gasteiger partial charge >= 0.3 is 0 Å². The minimum atomic E-state index is -0.167. The summed E-state index contributed by atoms with van der Waals surface area (Å²) in [6.45, 7) is 0. The average Bonchev–Trinajstić information content (AvgIpc) is 2.80. The van der Waals surface area contributed by atoms with Crippen LogP contribution in [0.3, 0.4) is 0 Å². The van der Waals surface area contributed by atoms with Crippen LogP contribution in [-0.2, 0) is 11.2 Å². The van der Waals surface area contributed by atoms with Gasteiger partial charge < -0.3 is 10.6 Å². The van der Waals surface area contributed by atoms with E-state index in [1.807, 2.05) is 31.3 Å². The summed E-state index contributed by atoms with van der Waals surface area (Å²) in [4.78, 5) is 14.7. The molecule has 1 atom stereocenters. The third-order valence-corrected chi connectivity index (χ3v) is 4.83. The SMILES string of the molecule is CSc1ccccc1C(N)c1ccc2c(c1)CC(=O)N2C. The molecular weight excluding hydrogens is 280 g/mol. The van der Waals surface area contributed by atoms with Crippen LogP contribution in [0.4, 0.5) is 5.69 Å². The van der Waals surface area contributed by atoms with E-state index >= 15 is 0 Å². The second-order valence-electron chi connectivity index (χ2n) is 5.24. The minimum Gasteiger partial charge on any atom is -0.320 e. The molecule has 3 nitrogen and oxygen atoms in total. The van der Waals surface area contributed by atoms with E-state index in [-0.39, 0.29) is 11.9 Å². The van der Waals surface area contributed by atoms with Gasteiger partial charge in [0.05, 0.1) is 12.5 Å². The van der Waals surface area contributed by atoms with Crippen LogP contribution >= 0.6 is 11.8 Å². The number of rotatable bonds is 3. The van der Waals surface area contributed by atoms with Gasteiger partial charge in [-0.2, -0.15) is 0 Å². The quantitative estimate of drug-likeness (QED) is 0.886. The summed E-state index contributed by atoms with van der Waals surface area (Å²) in [5.41, 5.74) is 10.7. The first-order valence-electron chi connectivity index (χ1n) is 6.89. The molecule has 2 N–H and O–H groups in total. The molecular formula is C17H18N2OS. The van der Waals surface area contributed by atoms with E-state index in [4.69, 9.17) is 5.73 Å². The first kappa shape index (κ1) is 14.2. The highest BCUT2D eigenvalue weighted by Crippen LogP contribution is 2.33. The van der Waals surface area contributed by atoms with E-state index in [0.717, 1.165) is 22.4 Å². The molecule has 3 rings (SSSR count). The van der Waals surface area contributed by atoms with E-state index in [1.54, 1.807) is 16.7 Å². The number of likely N-dealkylation sites (N-methyl/N-ethyl adjacent to an activating group) is 1. The van der Waals surface area contributed by atoms with Crippen molar-refractivity contribution < 1.29 is 4.79 Å². The van der Waals surface area contributed by atoms with Crippen molar-refractivity contribution >= 4 is 23.4 Å². The molecule has 0 fully saturated rings. The molecule has 0 aliphatic carbocycles. The Labute approximate surface area is 129 Å². The zero-order valence-corrected chi connectivity index (χ0v) is 13.0. The normalized spacial score (nSPS) is 15.2. The molecule has 0 radical (unpaired) electrons. The summed E-state index contributed by atoms with van der Waals surface area (Å²) in [5.74, 6) is 0.139. The zero-order chi connectivity index (χ0) is 15.0. The fraction of sp³-hybridized carbons (Fsp3) is 0.235. The molecule has 4 heteroatoms. The number of hydrogen-bond acceptors (Lipinski definition) is 3. The molecule has 0 aromatic heterocycles. The predicted molar refractivity (Wildman–Crippen MR) is 87.8 cm³/mol. The van der Waals surface area contributed by atoms with Crippen LogP contribution in [-0.4, -0.2) is 19.2 Å². The zero-order valence-electron chi connectivity index (χ0n) is 12.2. The Morgan fingerprint density at radius 3 is 2.76 bits per heavy atom. The molecule has 0 spiro atoms. The third-order valence-electron chi connectivity index (χ3n) is 4.01. The molecule has 2 aromatic rings. The highest BCUT2D eigenvalue weighted by molar-refractivity contribution is 7.98. The van der Waals surface area contributed by atoms with Gasteiger partial charge in [0.2, 0.25) is 5.91 Å². The number of carbonyl (C=O) groups excluding carboxylic acids is 1. The summed E-state index contributed by atoms with van der Waals surface area (Å²) < 4.78 is 0. The van der Waals surface area contributed by atoms with Crippen molar-refractivity contribution in [2.45, 2.75) is 17.4 Å². The van der Waals surface area contributed by atoms with Gasteiger partial charge in [0.1, 0.15) is 0 Å². The Hall–Kier alpha value is -1.78. The molecule has 1 heterocycles. The van der Waals surface area contributed by atoms with Crippen LogP contribution in [0.15, 0.2) is 47.4 Å². The van der Waals surface area contributed by atoms with Gasteiger partial charge in [0.25, 0.3) is 0 Å². The molecule has 0 saturated carbocycles. The highest BCUT2D eigenvalue weighted by Gasteiger charge is 2.25. The van der Waals surface area contributed by atoms with Crippen LogP contribution in [0.1, 0.15) is 22.7 Å². The number of thioether (sulfide) groups is 1. The van der Waals surface area contributed by atoms with E-state index in [2.05, 4.69) is 24.5 Å².